The summed E-state index contributed by atoms with van der Waals surface area (Å²) >= 11 is 0. The Kier molecular flexibility index (Phi) is 15.4. The molecule has 0 saturated carbocycles. The number of benzene rings is 1. The molecule has 36 heavy (non-hydrogen) atoms. The fraction of sp³-hybridized carbons (Fsp3) is 0.458. The first-order chi connectivity index (χ1) is 16.6. The van der Waals surface area contributed by atoms with Crippen molar-refractivity contribution in [1.29, 1.82) is 0 Å². The topological polar surface area (TPSA) is 171 Å². The summed E-state index contributed by atoms with van der Waals surface area (Å²) in [6.07, 6.45) is 3.40. The van der Waals surface area contributed by atoms with E-state index in [1.165, 1.54) is 4.90 Å². The number of ether oxygens (including phenoxy) is 1. The first-order valence-corrected chi connectivity index (χ1v) is 11.2. The molecular weight excluding hydrogens is 496 g/mol. The largest absolute Gasteiger partial charge is 0.480 e. The highest BCUT2D eigenvalue weighted by Gasteiger charge is 2.36. The van der Waals surface area contributed by atoms with Crippen molar-refractivity contribution in [3.05, 3.63) is 48.0 Å². The molecule has 1 heterocycles. The zero-order valence-corrected chi connectivity index (χ0v) is 21.0. The first kappa shape index (κ1) is 32.6. The van der Waals surface area contributed by atoms with Gasteiger partial charge in [0.05, 0.1) is 12.6 Å². The van der Waals surface area contributed by atoms with Gasteiger partial charge in [-0.2, -0.15) is 0 Å². The zero-order chi connectivity index (χ0) is 26.4. The van der Waals surface area contributed by atoms with E-state index in [1.807, 2.05) is 30.3 Å². The van der Waals surface area contributed by atoms with E-state index < -0.39 is 42.0 Å². The Morgan fingerprint density at radius 1 is 1.08 bits per heavy atom. The van der Waals surface area contributed by atoms with Crippen molar-refractivity contribution in [3.63, 3.8) is 0 Å². The Morgan fingerprint density at radius 2 is 1.67 bits per heavy atom. The average molecular weight is 529 g/mol. The number of aryl methyl sites for hydroxylation is 1. The number of rotatable bonds is 11. The highest BCUT2D eigenvalue weighted by atomic mass is 35.5. The summed E-state index contributed by atoms with van der Waals surface area (Å²) in [5, 5.41) is 27.9. The molecule has 1 aliphatic rings. The number of amides is 1. The van der Waals surface area contributed by atoms with Gasteiger partial charge in [-0.3, -0.25) is 14.9 Å². The van der Waals surface area contributed by atoms with Crippen LogP contribution in [0.3, 0.4) is 0 Å². The van der Waals surface area contributed by atoms with E-state index in [1.54, 1.807) is 13.8 Å². The van der Waals surface area contributed by atoms with Crippen molar-refractivity contribution in [3.8, 4) is 0 Å². The van der Waals surface area contributed by atoms with E-state index in [-0.39, 0.29) is 24.9 Å². The van der Waals surface area contributed by atoms with Gasteiger partial charge in [-0.15, -0.1) is 12.4 Å². The van der Waals surface area contributed by atoms with Crippen LogP contribution in [0, 0.1) is 0 Å². The predicted octanol–water partition coefficient (Wildman–Crippen LogP) is 1.74. The number of esters is 1. The fourth-order valence-electron chi connectivity index (χ4n) is 3.52. The number of carbonyl (C=O) groups excluding carboxylic acids is 2. The normalized spacial score (nSPS) is 16.2. The second-order valence-corrected chi connectivity index (χ2v) is 7.75. The smallest absolute Gasteiger partial charge is 0.328 e. The Morgan fingerprint density at radius 3 is 2.17 bits per heavy atom. The van der Waals surface area contributed by atoms with Crippen LogP contribution in [0.2, 0.25) is 0 Å². The molecule has 0 spiro atoms. The van der Waals surface area contributed by atoms with Gasteiger partial charge in [-0.25, -0.2) is 14.4 Å². The van der Waals surface area contributed by atoms with Crippen LogP contribution < -0.4 is 5.32 Å². The number of nitrogens with zero attached hydrogens (tertiary/aromatic N) is 1. The van der Waals surface area contributed by atoms with Crippen molar-refractivity contribution in [1.82, 2.24) is 10.2 Å². The maximum Gasteiger partial charge on any atom is 0.328 e. The summed E-state index contributed by atoms with van der Waals surface area (Å²) in [7, 11) is 0. The molecule has 1 amide bonds. The van der Waals surface area contributed by atoms with Crippen molar-refractivity contribution < 1.29 is 44.0 Å². The van der Waals surface area contributed by atoms with Crippen LogP contribution >= 0.6 is 12.4 Å². The SMILES string of the molecule is CCOC(=O)[C@H](CCc1ccccc1)N[C@@H](C)C(=O)N1CCC[C@H]1C(=O)O.Cl.O=C(O)/C=C\C(=O)O. The quantitative estimate of drug-likeness (QED) is 0.245. The number of hydrogen-bond donors (Lipinski definition) is 4. The van der Waals surface area contributed by atoms with E-state index in [2.05, 4.69) is 5.32 Å². The van der Waals surface area contributed by atoms with E-state index in [0.717, 1.165) is 5.56 Å². The Labute approximate surface area is 215 Å². The highest BCUT2D eigenvalue weighted by molar-refractivity contribution is 5.89. The minimum atomic E-state index is -1.26. The lowest BCUT2D eigenvalue weighted by Crippen LogP contribution is -2.53. The third-order valence-electron chi connectivity index (χ3n) is 5.15. The maximum atomic E-state index is 12.7. The molecule has 2 rings (SSSR count). The molecule has 0 unspecified atom stereocenters. The second kappa shape index (κ2) is 17.1. The first-order valence-electron chi connectivity index (χ1n) is 11.2. The van der Waals surface area contributed by atoms with Gasteiger partial charge in [0, 0.05) is 18.7 Å². The number of aliphatic carboxylic acids is 3. The molecule has 0 radical (unpaired) electrons. The summed E-state index contributed by atoms with van der Waals surface area (Å²) in [5.74, 6) is -4.20. The van der Waals surface area contributed by atoms with Gasteiger partial charge in [0.25, 0.3) is 0 Å². The molecule has 12 heteroatoms. The van der Waals surface area contributed by atoms with Crippen LogP contribution in [0.5, 0.6) is 0 Å². The number of halogens is 1. The summed E-state index contributed by atoms with van der Waals surface area (Å²) in [6, 6.07) is 7.69. The fourth-order valence-corrected chi connectivity index (χ4v) is 3.52. The molecule has 0 bridgehead atoms. The second-order valence-electron chi connectivity index (χ2n) is 7.75. The molecule has 1 saturated heterocycles. The monoisotopic (exact) mass is 528 g/mol. The van der Waals surface area contributed by atoms with Crippen LogP contribution in [-0.2, 0) is 35.1 Å². The lowest BCUT2D eigenvalue weighted by Gasteiger charge is -2.27. The van der Waals surface area contributed by atoms with Crippen molar-refractivity contribution in [2.45, 2.75) is 57.7 Å². The Hall–Kier alpha value is -3.44. The molecule has 0 aliphatic carbocycles. The molecule has 1 aromatic carbocycles. The lowest BCUT2D eigenvalue weighted by atomic mass is 10.0. The Bertz CT molecular complexity index is 892. The van der Waals surface area contributed by atoms with Crippen LogP contribution in [0.25, 0.3) is 0 Å². The van der Waals surface area contributed by atoms with Crippen LogP contribution in [0.1, 0.15) is 38.7 Å². The van der Waals surface area contributed by atoms with Crippen molar-refractivity contribution in [2.75, 3.05) is 13.2 Å². The van der Waals surface area contributed by atoms with Gasteiger partial charge < -0.3 is 25.0 Å². The number of carboxylic acid groups (broad SMARTS) is 3. The van der Waals surface area contributed by atoms with E-state index >= 15 is 0 Å². The van der Waals surface area contributed by atoms with Gasteiger partial charge in [-0.1, -0.05) is 30.3 Å². The predicted molar refractivity (Wildman–Crippen MR) is 132 cm³/mol. The molecule has 1 aromatic rings. The lowest BCUT2D eigenvalue weighted by molar-refractivity contribution is -0.150. The minimum absolute atomic E-state index is 0. The van der Waals surface area contributed by atoms with Crippen molar-refractivity contribution in [2.24, 2.45) is 0 Å². The molecule has 11 nitrogen and oxygen atoms in total. The van der Waals surface area contributed by atoms with Gasteiger partial charge >= 0.3 is 23.9 Å². The number of hydrogen-bond acceptors (Lipinski definition) is 7. The number of carbonyl (C=O) groups is 5. The summed E-state index contributed by atoms with van der Waals surface area (Å²) in [5.41, 5.74) is 1.10. The number of nitrogens with one attached hydrogen (secondary N) is 1. The number of carboxylic acids is 3. The Balaban J connectivity index is 0.00000118. The van der Waals surface area contributed by atoms with Crippen LogP contribution in [0.4, 0.5) is 0 Å². The van der Waals surface area contributed by atoms with Gasteiger partial charge in [-0.05, 0) is 45.1 Å². The molecular formula is C24H33ClN2O9. The molecule has 200 valence electrons. The molecule has 0 aromatic heterocycles. The molecule has 4 N–H and O–H groups in total. The summed E-state index contributed by atoms with van der Waals surface area (Å²) < 4.78 is 5.14. The van der Waals surface area contributed by atoms with Gasteiger partial charge in [0.2, 0.25) is 5.91 Å². The van der Waals surface area contributed by atoms with E-state index in [0.29, 0.717) is 44.4 Å². The third-order valence-corrected chi connectivity index (χ3v) is 5.15. The standard InChI is InChI=1S/C20H28N2O5.C4H4O4.ClH/c1-3-27-20(26)16(12-11-15-8-5-4-6-9-15)21-14(2)18(23)22-13-7-10-17(22)19(24)25;5-3(6)1-2-4(7)8;/h4-6,8-9,14,16-17,21H,3,7,10-13H2,1-2H3,(H,24,25);1-2H,(H,5,6)(H,7,8);1H/b;2-1-;/t14-,16-,17-;;/m0../s1. The van der Waals surface area contributed by atoms with Crippen LogP contribution in [0.15, 0.2) is 42.5 Å². The zero-order valence-electron chi connectivity index (χ0n) is 20.2. The molecule has 3 atom stereocenters. The molecule has 1 aliphatic heterocycles. The van der Waals surface area contributed by atoms with E-state index in [4.69, 9.17) is 14.9 Å². The maximum absolute atomic E-state index is 12.7. The third kappa shape index (κ3) is 11.8. The van der Waals surface area contributed by atoms with E-state index in [9.17, 15) is 29.1 Å². The number of likely N-dealkylation sites (tertiary alicyclic amines) is 1. The highest BCUT2D eigenvalue weighted by Crippen LogP contribution is 2.19. The van der Waals surface area contributed by atoms with Crippen LogP contribution in [-0.4, -0.2) is 81.3 Å². The molecule has 1 fully saturated rings. The van der Waals surface area contributed by atoms with Gasteiger partial charge in [0.15, 0.2) is 0 Å². The summed E-state index contributed by atoms with van der Waals surface area (Å²) in [6.45, 7) is 4.09. The average Bonchev–Trinajstić information content (AvgIpc) is 3.31. The van der Waals surface area contributed by atoms with Crippen molar-refractivity contribution >= 4 is 42.2 Å². The van der Waals surface area contributed by atoms with Gasteiger partial charge in [0.1, 0.15) is 12.1 Å². The summed E-state index contributed by atoms with van der Waals surface area (Å²) in [4.78, 5) is 56.8. The minimum Gasteiger partial charge on any atom is -0.480 e.